The second-order valence-corrected chi connectivity index (χ2v) is 8.88. The van der Waals surface area contributed by atoms with Gasteiger partial charge in [0, 0.05) is 13.0 Å². The van der Waals surface area contributed by atoms with E-state index in [1.54, 1.807) is 49.6 Å². The highest BCUT2D eigenvalue weighted by Crippen LogP contribution is 2.64. The van der Waals surface area contributed by atoms with Gasteiger partial charge in [0.15, 0.2) is 9.84 Å². The smallest absolute Gasteiger partial charge is 0.182 e. The van der Waals surface area contributed by atoms with E-state index in [0.29, 0.717) is 5.75 Å². The summed E-state index contributed by atoms with van der Waals surface area (Å²) in [5.74, 6) is 0.334. The van der Waals surface area contributed by atoms with Crippen LogP contribution in [0.25, 0.3) is 0 Å². The summed E-state index contributed by atoms with van der Waals surface area (Å²) in [7, 11) is -0.527. The summed E-state index contributed by atoms with van der Waals surface area (Å²) in [5, 5.41) is -0.761. The van der Waals surface area contributed by atoms with Crippen molar-refractivity contribution in [3.63, 3.8) is 0 Å². The first-order valence-corrected chi connectivity index (χ1v) is 10.1. The molecule has 2 N–H and O–H groups in total. The fourth-order valence-corrected chi connectivity index (χ4v) is 6.47. The van der Waals surface area contributed by atoms with Gasteiger partial charge >= 0.3 is 0 Å². The minimum Gasteiger partial charge on any atom is -0.497 e. The molecule has 7 heteroatoms. The Kier molecular flexibility index (Phi) is 5.05. The fourth-order valence-electron chi connectivity index (χ4n) is 3.68. The first kappa shape index (κ1) is 18.8. The number of rotatable bonds is 7. The Hall–Kier alpha value is -1.96. The number of ether oxygens (including phenoxy) is 2. The molecule has 138 valence electrons. The van der Waals surface area contributed by atoms with E-state index in [-0.39, 0.29) is 22.4 Å². The number of methoxy groups -OCH3 is 2. The van der Waals surface area contributed by atoms with E-state index in [9.17, 15) is 8.42 Å². The molecule has 0 aromatic heterocycles. The Morgan fingerprint density at radius 2 is 1.73 bits per heavy atom. The highest BCUT2D eigenvalue weighted by molar-refractivity contribution is 7.92. The van der Waals surface area contributed by atoms with Gasteiger partial charge in [-0.3, -0.25) is 0 Å². The van der Waals surface area contributed by atoms with Crippen LogP contribution in [0.3, 0.4) is 0 Å². The van der Waals surface area contributed by atoms with Gasteiger partial charge in [0.2, 0.25) is 0 Å². The van der Waals surface area contributed by atoms with Crippen molar-refractivity contribution < 1.29 is 17.9 Å². The number of sulfone groups is 1. The lowest BCUT2D eigenvalue weighted by Gasteiger charge is -2.16. The Bertz CT molecular complexity index is 897. The van der Waals surface area contributed by atoms with E-state index in [1.807, 2.05) is 12.1 Å². The summed E-state index contributed by atoms with van der Waals surface area (Å²) < 4.78 is 37.1. The molecule has 1 fully saturated rings. The first-order valence-electron chi connectivity index (χ1n) is 8.11. The van der Waals surface area contributed by atoms with Crippen LogP contribution in [0, 0.1) is 5.41 Å². The summed E-state index contributed by atoms with van der Waals surface area (Å²) in [6.07, 6.45) is 0. The third-order valence-corrected chi connectivity index (χ3v) is 7.65. The predicted octanol–water partition coefficient (Wildman–Crippen LogP) is 2.55. The lowest BCUT2D eigenvalue weighted by molar-refractivity contribution is 0.166. The topological polar surface area (TPSA) is 78.6 Å². The lowest BCUT2D eigenvalue weighted by Crippen LogP contribution is -2.33. The molecule has 0 heterocycles. The molecule has 3 atom stereocenters. The maximum Gasteiger partial charge on any atom is 0.182 e. The van der Waals surface area contributed by atoms with Crippen LogP contribution in [-0.2, 0) is 14.6 Å². The Labute approximate surface area is 159 Å². The number of hydrogen-bond acceptors (Lipinski definition) is 5. The average molecular weight is 392 g/mol. The van der Waals surface area contributed by atoms with Gasteiger partial charge in [-0.1, -0.05) is 42.5 Å². The third kappa shape index (κ3) is 2.90. The van der Waals surface area contributed by atoms with E-state index in [1.165, 1.54) is 7.11 Å². The zero-order chi connectivity index (χ0) is 18.9. The van der Waals surface area contributed by atoms with Crippen LogP contribution in [0.1, 0.15) is 11.5 Å². The monoisotopic (exact) mass is 391 g/mol. The molecule has 0 amide bonds. The van der Waals surface area contributed by atoms with Crippen molar-refractivity contribution in [3.8, 4) is 5.75 Å². The van der Waals surface area contributed by atoms with Crippen LogP contribution in [-0.4, -0.2) is 39.5 Å². The molecule has 1 aliphatic carbocycles. The lowest BCUT2D eigenvalue weighted by atomic mass is 10.00. The second kappa shape index (κ2) is 6.98. The normalized spacial score (nSPS) is 24.8. The van der Waals surface area contributed by atoms with Crippen LogP contribution >= 0.6 is 12.2 Å². The molecular formula is C19H21NO4S2. The minimum absolute atomic E-state index is 0.149. The second-order valence-electron chi connectivity index (χ2n) is 6.37. The molecule has 0 saturated heterocycles. The van der Waals surface area contributed by atoms with Crippen molar-refractivity contribution in [1.82, 2.24) is 0 Å². The van der Waals surface area contributed by atoms with Gasteiger partial charge in [-0.25, -0.2) is 8.42 Å². The van der Waals surface area contributed by atoms with Gasteiger partial charge in [0.25, 0.3) is 0 Å². The zero-order valence-corrected chi connectivity index (χ0v) is 16.2. The summed E-state index contributed by atoms with van der Waals surface area (Å²) in [6.45, 7) is 0.149. The Morgan fingerprint density at radius 3 is 2.23 bits per heavy atom. The summed E-state index contributed by atoms with van der Waals surface area (Å²) in [5.41, 5.74) is 5.95. The average Bonchev–Trinajstić information content (AvgIpc) is 3.34. The standard InChI is InChI=1S/C19H21NO4S2/c1-23-12-19(18(20)25)16(13-8-10-14(24-2)11-9-13)17(19)26(21,22)15-6-4-3-5-7-15/h3-11,16-17H,12H2,1-2H3,(H2,20,25)/t16-,17+,19+/m1/s1. The van der Waals surface area contributed by atoms with Gasteiger partial charge in [-0.15, -0.1) is 0 Å². The van der Waals surface area contributed by atoms with Gasteiger partial charge in [0.1, 0.15) is 5.75 Å². The molecule has 0 spiro atoms. The van der Waals surface area contributed by atoms with Crippen molar-refractivity contribution in [2.75, 3.05) is 20.8 Å². The van der Waals surface area contributed by atoms with Gasteiger partial charge < -0.3 is 15.2 Å². The van der Waals surface area contributed by atoms with E-state index >= 15 is 0 Å². The van der Waals surface area contributed by atoms with Crippen molar-refractivity contribution in [1.29, 1.82) is 0 Å². The van der Waals surface area contributed by atoms with E-state index < -0.39 is 20.5 Å². The molecule has 0 unspecified atom stereocenters. The highest BCUT2D eigenvalue weighted by Gasteiger charge is 2.73. The molecule has 1 aliphatic rings. The van der Waals surface area contributed by atoms with E-state index in [4.69, 9.17) is 27.4 Å². The highest BCUT2D eigenvalue weighted by atomic mass is 32.2. The summed E-state index contributed by atoms with van der Waals surface area (Å²) in [4.78, 5) is 0.419. The van der Waals surface area contributed by atoms with Gasteiger partial charge in [-0.2, -0.15) is 0 Å². The number of nitrogens with two attached hydrogens (primary N) is 1. The predicted molar refractivity (Wildman–Crippen MR) is 104 cm³/mol. The molecule has 2 aromatic rings. The van der Waals surface area contributed by atoms with Crippen LogP contribution in [0.2, 0.25) is 0 Å². The van der Waals surface area contributed by atoms with Crippen LogP contribution < -0.4 is 10.5 Å². The quantitative estimate of drug-likeness (QED) is 0.731. The molecule has 26 heavy (non-hydrogen) atoms. The Balaban J connectivity index is 2.09. The SMILES string of the molecule is COC[C@]1(C(N)=S)[C@H](c2ccc(OC)cc2)[C@@H]1S(=O)(=O)c1ccccc1. The van der Waals surface area contributed by atoms with Gasteiger partial charge in [-0.05, 0) is 29.8 Å². The number of thiocarbonyl (C=S) groups is 1. The molecule has 0 radical (unpaired) electrons. The first-order chi connectivity index (χ1) is 12.4. The van der Waals surface area contributed by atoms with E-state index in [0.717, 1.165) is 5.56 Å². The zero-order valence-electron chi connectivity index (χ0n) is 14.6. The molecule has 0 bridgehead atoms. The molecular weight excluding hydrogens is 370 g/mol. The summed E-state index contributed by atoms with van der Waals surface area (Å²) >= 11 is 5.29. The molecule has 0 aliphatic heterocycles. The van der Waals surface area contributed by atoms with Crippen molar-refractivity contribution in [3.05, 3.63) is 60.2 Å². The van der Waals surface area contributed by atoms with Crippen molar-refractivity contribution in [2.24, 2.45) is 11.1 Å². The van der Waals surface area contributed by atoms with Crippen molar-refractivity contribution >= 4 is 27.0 Å². The minimum atomic E-state index is -3.63. The Morgan fingerprint density at radius 1 is 1.12 bits per heavy atom. The molecule has 5 nitrogen and oxygen atoms in total. The third-order valence-electron chi connectivity index (χ3n) is 4.98. The van der Waals surface area contributed by atoms with Gasteiger partial charge in [0.05, 0.1) is 34.3 Å². The van der Waals surface area contributed by atoms with Crippen LogP contribution in [0.4, 0.5) is 0 Å². The van der Waals surface area contributed by atoms with Crippen molar-refractivity contribution in [2.45, 2.75) is 16.1 Å². The maximum atomic E-state index is 13.3. The maximum absolute atomic E-state index is 13.3. The summed E-state index contributed by atoms with van der Waals surface area (Å²) in [6, 6.07) is 15.7. The molecule has 3 rings (SSSR count). The van der Waals surface area contributed by atoms with E-state index in [2.05, 4.69) is 0 Å². The van der Waals surface area contributed by atoms with Crippen LogP contribution in [0.15, 0.2) is 59.5 Å². The van der Waals surface area contributed by atoms with Crippen LogP contribution in [0.5, 0.6) is 5.75 Å². The number of benzene rings is 2. The fraction of sp³-hybridized carbons (Fsp3) is 0.316. The largest absolute Gasteiger partial charge is 0.497 e. The molecule has 1 saturated carbocycles. The molecule has 2 aromatic carbocycles. The number of hydrogen-bond donors (Lipinski definition) is 1.